The molecule has 0 saturated heterocycles. The Morgan fingerprint density at radius 2 is 2.27 bits per heavy atom. The number of anilines is 1. The Kier molecular flexibility index (Phi) is 5.55. The summed E-state index contributed by atoms with van der Waals surface area (Å²) in [6, 6.07) is 3.59. The second-order valence-corrected chi connectivity index (χ2v) is 6.49. The fourth-order valence-corrected chi connectivity index (χ4v) is 3.18. The van der Waals surface area contributed by atoms with Crippen LogP contribution in [0.2, 0.25) is 0 Å². The number of aryl methyl sites for hydroxylation is 1. The number of aromatic amines is 1. The van der Waals surface area contributed by atoms with Crippen molar-refractivity contribution in [3.8, 4) is 0 Å². The fraction of sp³-hybridized carbons (Fsp3) is 0.529. The molecule has 3 rings (SSSR count). The van der Waals surface area contributed by atoms with Crippen molar-refractivity contribution in [1.82, 2.24) is 25.3 Å². The van der Waals surface area contributed by atoms with E-state index in [1.54, 1.807) is 19.3 Å². The van der Waals surface area contributed by atoms with Crippen molar-refractivity contribution in [2.45, 2.75) is 44.6 Å². The number of amides is 2. The summed E-state index contributed by atoms with van der Waals surface area (Å²) in [7, 11) is 1.71. The van der Waals surface area contributed by atoms with Crippen molar-refractivity contribution in [3.63, 3.8) is 0 Å². The van der Waals surface area contributed by atoms with Gasteiger partial charge in [0.25, 0.3) is 5.91 Å². The van der Waals surface area contributed by atoms with E-state index in [0.717, 1.165) is 31.4 Å². The number of hydrogen-bond donors (Lipinski definition) is 3. The number of alkyl carbamates (subject to hydrolysis) is 1. The van der Waals surface area contributed by atoms with Crippen LogP contribution >= 0.6 is 0 Å². The van der Waals surface area contributed by atoms with Gasteiger partial charge < -0.3 is 15.4 Å². The van der Waals surface area contributed by atoms with Crippen LogP contribution in [0, 0.1) is 0 Å². The maximum atomic E-state index is 12.2. The zero-order valence-electron chi connectivity index (χ0n) is 15.0. The molecule has 0 unspecified atom stereocenters. The standard InChI is InChI=1S/C17H24N6O3/c1-3-8-26-17(25)19-12-5-4-11(9-12)13-10-15(22-21-13)20-16(24)14-6-7-18-23(14)2/h6-7,10-12H,3-5,8-9H2,1-2H3,(H,19,25)(H2,20,21,22,24)/t11-,12+/m1/s1. The number of carbonyl (C=O) groups is 2. The summed E-state index contributed by atoms with van der Waals surface area (Å²) in [6.07, 6.45) is 4.67. The van der Waals surface area contributed by atoms with E-state index in [0.29, 0.717) is 18.1 Å². The Hall–Kier alpha value is -2.84. The van der Waals surface area contributed by atoms with Crippen LogP contribution in [0.3, 0.4) is 0 Å². The lowest BCUT2D eigenvalue weighted by Crippen LogP contribution is -2.33. The molecule has 3 N–H and O–H groups in total. The highest BCUT2D eigenvalue weighted by atomic mass is 16.5. The Morgan fingerprint density at radius 1 is 1.42 bits per heavy atom. The highest BCUT2D eigenvalue weighted by Crippen LogP contribution is 2.34. The van der Waals surface area contributed by atoms with Gasteiger partial charge in [-0.1, -0.05) is 6.92 Å². The molecule has 0 bridgehead atoms. The van der Waals surface area contributed by atoms with E-state index in [1.807, 2.05) is 13.0 Å². The molecule has 1 saturated carbocycles. The minimum absolute atomic E-state index is 0.0974. The predicted molar refractivity (Wildman–Crippen MR) is 94.9 cm³/mol. The number of carbonyl (C=O) groups excluding carboxylic acids is 2. The second kappa shape index (κ2) is 8.03. The normalized spacial score (nSPS) is 19.3. The summed E-state index contributed by atoms with van der Waals surface area (Å²) in [4.78, 5) is 23.9. The molecule has 9 nitrogen and oxygen atoms in total. The van der Waals surface area contributed by atoms with E-state index in [1.165, 1.54) is 4.68 Å². The number of H-pyrrole nitrogens is 1. The summed E-state index contributed by atoms with van der Waals surface area (Å²) in [5.74, 6) is 0.485. The average Bonchev–Trinajstić information content (AvgIpc) is 3.34. The maximum absolute atomic E-state index is 12.2. The molecule has 0 aliphatic heterocycles. The first-order valence-electron chi connectivity index (χ1n) is 8.84. The first-order valence-corrected chi connectivity index (χ1v) is 8.84. The van der Waals surface area contributed by atoms with Gasteiger partial charge in [-0.05, 0) is 31.7 Å². The molecular weight excluding hydrogens is 336 g/mol. The topological polar surface area (TPSA) is 114 Å². The molecule has 0 spiro atoms. The highest BCUT2D eigenvalue weighted by molar-refractivity contribution is 6.02. The molecule has 0 aromatic carbocycles. The van der Waals surface area contributed by atoms with Crippen molar-refractivity contribution in [2.24, 2.45) is 7.05 Å². The predicted octanol–water partition coefficient (Wildman–Crippen LogP) is 2.17. The minimum atomic E-state index is -0.355. The van der Waals surface area contributed by atoms with Gasteiger partial charge in [-0.2, -0.15) is 10.2 Å². The molecule has 2 heterocycles. The summed E-state index contributed by atoms with van der Waals surface area (Å²) < 4.78 is 6.57. The highest BCUT2D eigenvalue weighted by Gasteiger charge is 2.28. The van der Waals surface area contributed by atoms with Crippen LogP contribution in [0.15, 0.2) is 18.3 Å². The van der Waals surface area contributed by atoms with Gasteiger partial charge in [-0.25, -0.2) is 4.79 Å². The van der Waals surface area contributed by atoms with E-state index in [4.69, 9.17) is 4.74 Å². The number of hydrogen-bond acceptors (Lipinski definition) is 5. The molecule has 9 heteroatoms. The first kappa shape index (κ1) is 18.0. The van der Waals surface area contributed by atoms with Gasteiger partial charge in [0.15, 0.2) is 5.82 Å². The number of nitrogens with zero attached hydrogens (tertiary/aromatic N) is 3. The summed E-state index contributed by atoms with van der Waals surface area (Å²) >= 11 is 0. The van der Waals surface area contributed by atoms with E-state index in [2.05, 4.69) is 25.9 Å². The lowest BCUT2D eigenvalue weighted by atomic mass is 10.0. The number of aromatic nitrogens is 4. The summed E-state index contributed by atoms with van der Waals surface area (Å²) in [5, 5.41) is 16.8. The SMILES string of the molecule is CCCOC(=O)N[C@H]1CC[C@@H](c2cc(NC(=O)c3ccnn3C)n[nH]2)C1. The quantitative estimate of drug-likeness (QED) is 0.730. The Morgan fingerprint density at radius 3 is 3.00 bits per heavy atom. The molecule has 26 heavy (non-hydrogen) atoms. The van der Waals surface area contributed by atoms with Crippen LogP contribution in [-0.2, 0) is 11.8 Å². The number of rotatable bonds is 6. The monoisotopic (exact) mass is 360 g/mol. The minimum Gasteiger partial charge on any atom is -0.450 e. The molecule has 2 aromatic heterocycles. The van der Waals surface area contributed by atoms with Crippen molar-refractivity contribution in [2.75, 3.05) is 11.9 Å². The van der Waals surface area contributed by atoms with Crippen molar-refractivity contribution < 1.29 is 14.3 Å². The molecule has 1 fully saturated rings. The Labute approximate surface area is 151 Å². The van der Waals surface area contributed by atoms with E-state index < -0.39 is 0 Å². The van der Waals surface area contributed by atoms with Crippen LogP contribution in [0.5, 0.6) is 0 Å². The number of nitrogens with one attached hydrogen (secondary N) is 3. The molecule has 0 radical (unpaired) electrons. The summed E-state index contributed by atoms with van der Waals surface area (Å²) in [5.41, 5.74) is 1.42. The van der Waals surface area contributed by atoms with E-state index in [-0.39, 0.29) is 24.0 Å². The van der Waals surface area contributed by atoms with Crippen molar-refractivity contribution in [1.29, 1.82) is 0 Å². The zero-order chi connectivity index (χ0) is 18.5. The van der Waals surface area contributed by atoms with Crippen LogP contribution in [0.25, 0.3) is 0 Å². The summed E-state index contributed by atoms with van der Waals surface area (Å²) in [6.45, 7) is 2.39. The van der Waals surface area contributed by atoms with Gasteiger partial charge in [0.05, 0.1) is 6.61 Å². The van der Waals surface area contributed by atoms with E-state index >= 15 is 0 Å². The largest absolute Gasteiger partial charge is 0.450 e. The third kappa shape index (κ3) is 4.22. The van der Waals surface area contributed by atoms with Crippen LogP contribution in [-0.4, -0.2) is 44.6 Å². The molecule has 1 aliphatic rings. The van der Waals surface area contributed by atoms with Gasteiger partial charge >= 0.3 is 6.09 Å². The van der Waals surface area contributed by atoms with Gasteiger partial charge in [-0.15, -0.1) is 0 Å². The molecule has 2 atom stereocenters. The average molecular weight is 360 g/mol. The smallest absolute Gasteiger partial charge is 0.407 e. The van der Waals surface area contributed by atoms with Crippen molar-refractivity contribution >= 4 is 17.8 Å². The lowest BCUT2D eigenvalue weighted by molar-refractivity contribution is 0.101. The van der Waals surface area contributed by atoms with Crippen LogP contribution < -0.4 is 10.6 Å². The number of ether oxygens (including phenoxy) is 1. The zero-order valence-corrected chi connectivity index (χ0v) is 15.0. The van der Waals surface area contributed by atoms with Gasteiger partial charge in [0.2, 0.25) is 0 Å². The van der Waals surface area contributed by atoms with E-state index in [9.17, 15) is 9.59 Å². The van der Waals surface area contributed by atoms with Crippen LogP contribution in [0.4, 0.5) is 10.6 Å². The molecule has 2 amide bonds. The van der Waals surface area contributed by atoms with Gasteiger partial charge in [0.1, 0.15) is 5.69 Å². The third-order valence-corrected chi connectivity index (χ3v) is 4.52. The van der Waals surface area contributed by atoms with Gasteiger partial charge in [0, 0.05) is 37.0 Å². The third-order valence-electron chi connectivity index (χ3n) is 4.52. The molecular formula is C17H24N6O3. The molecule has 2 aromatic rings. The maximum Gasteiger partial charge on any atom is 0.407 e. The Balaban J connectivity index is 1.53. The second-order valence-electron chi connectivity index (χ2n) is 6.49. The van der Waals surface area contributed by atoms with Crippen molar-refractivity contribution in [3.05, 3.63) is 29.7 Å². The Bertz CT molecular complexity index is 768. The first-order chi connectivity index (χ1) is 12.6. The molecule has 1 aliphatic carbocycles. The lowest BCUT2D eigenvalue weighted by Gasteiger charge is -2.12. The fourth-order valence-electron chi connectivity index (χ4n) is 3.18. The molecule has 140 valence electrons. The van der Waals surface area contributed by atoms with Crippen LogP contribution in [0.1, 0.15) is 54.7 Å². The van der Waals surface area contributed by atoms with Gasteiger partial charge in [-0.3, -0.25) is 14.6 Å².